The van der Waals surface area contributed by atoms with Gasteiger partial charge in [0.05, 0.1) is 0 Å². The summed E-state index contributed by atoms with van der Waals surface area (Å²) in [5.74, 6) is 0.127. The van der Waals surface area contributed by atoms with Crippen LogP contribution in [0, 0.1) is 0 Å². The molecule has 0 saturated heterocycles. The summed E-state index contributed by atoms with van der Waals surface area (Å²) in [7, 11) is 0. The fourth-order valence-electron chi connectivity index (χ4n) is 1.45. The summed E-state index contributed by atoms with van der Waals surface area (Å²) >= 11 is 5.75. The molecular weight excluding hydrogens is 160 g/mol. The summed E-state index contributed by atoms with van der Waals surface area (Å²) in [6.45, 7) is 0. The van der Waals surface area contributed by atoms with Crippen molar-refractivity contribution >= 4 is 17.9 Å². The molecule has 0 spiro atoms. The summed E-state index contributed by atoms with van der Waals surface area (Å²) in [6, 6.07) is 5.69. The van der Waals surface area contributed by atoms with E-state index < -0.39 is 0 Å². The van der Waals surface area contributed by atoms with Gasteiger partial charge in [0.2, 0.25) is 0 Å². The Morgan fingerprint density at radius 3 is 3.00 bits per heavy atom. The van der Waals surface area contributed by atoms with E-state index in [0.29, 0.717) is 0 Å². The van der Waals surface area contributed by atoms with Crippen LogP contribution in [0.3, 0.4) is 0 Å². The molecule has 11 heavy (non-hydrogen) atoms. The molecule has 0 fully saturated rings. The smallest absolute Gasteiger partial charge is 0.127 e. The van der Waals surface area contributed by atoms with Crippen molar-refractivity contribution in [2.24, 2.45) is 0 Å². The average Bonchev–Trinajstić information content (AvgIpc) is 1.95. The van der Waals surface area contributed by atoms with E-state index in [1.807, 2.05) is 18.2 Å². The average molecular weight is 167 g/mol. The van der Waals surface area contributed by atoms with Gasteiger partial charge in [0.25, 0.3) is 0 Å². The molecule has 1 atom stereocenters. The molecule has 0 bridgehead atoms. The van der Waals surface area contributed by atoms with Gasteiger partial charge in [0, 0.05) is 10.9 Å². The van der Waals surface area contributed by atoms with E-state index in [9.17, 15) is 4.79 Å². The van der Waals surface area contributed by atoms with Gasteiger partial charge in [0.1, 0.15) is 6.29 Å². The highest BCUT2D eigenvalue weighted by atomic mass is 35.5. The van der Waals surface area contributed by atoms with Gasteiger partial charge in [-0.3, -0.25) is 0 Å². The maximum Gasteiger partial charge on any atom is 0.127 e. The van der Waals surface area contributed by atoms with E-state index >= 15 is 0 Å². The molecule has 1 aromatic rings. The molecule has 0 radical (unpaired) electrons. The van der Waals surface area contributed by atoms with Gasteiger partial charge in [-0.2, -0.15) is 0 Å². The van der Waals surface area contributed by atoms with Gasteiger partial charge in [-0.1, -0.05) is 17.7 Å². The maximum atomic E-state index is 10.4. The van der Waals surface area contributed by atoms with Gasteiger partial charge in [-0.15, -0.1) is 0 Å². The van der Waals surface area contributed by atoms with Crippen LogP contribution in [0.1, 0.15) is 17.0 Å². The summed E-state index contributed by atoms with van der Waals surface area (Å²) in [4.78, 5) is 10.4. The molecule has 0 aromatic heterocycles. The lowest BCUT2D eigenvalue weighted by Crippen LogP contribution is -2.17. The third kappa shape index (κ3) is 0.962. The number of carbonyl (C=O) groups is 1. The van der Waals surface area contributed by atoms with Gasteiger partial charge in [-0.05, 0) is 29.7 Å². The lowest BCUT2D eigenvalue weighted by molar-refractivity contribution is -0.109. The first-order chi connectivity index (χ1) is 5.31. The number of aldehydes is 1. The van der Waals surface area contributed by atoms with Gasteiger partial charge >= 0.3 is 0 Å². The number of carbonyl (C=O) groups excluding carboxylic acids is 1. The second-order valence-corrected chi connectivity index (χ2v) is 3.23. The van der Waals surface area contributed by atoms with Gasteiger partial charge in [-0.25, -0.2) is 0 Å². The van der Waals surface area contributed by atoms with Crippen LogP contribution in [0.4, 0.5) is 0 Å². The van der Waals surface area contributed by atoms with Crippen molar-refractivity contribution in [1.82, 2.24) is 0 Å². The molecule has 1 unspecified atom stereocenters. The number of rotatable bonds is 1. The Morgan fingerprint density at radius 2 is 2.36 bits per heavy atom. The van der Waals surface area contributed by atoms with E-state index in [1.54, 1.807) is 0 Å². The SMILES string of the molecule is O=CC1Cc2cc(Cl)ccc21. The number of fused-ring (bicyclic) bond motifs is 1. The Labute approximate surface area is 70.0 Å². The zero-order chi connectivity index (χ0) is 7.84. The van der Waals surface area contributed by atoms with Crippen LogP contribution in [0.5, 0.6) is 0 Å². The predicted molar refractivity (Wildman–Crippen MR) is 44.0 cm³/mol. The Balaban J connectivity index is 2.42. The van der Waals surface area contributed by atoms with Gasteiger partial charge < -0.3 is 4.79 Å². The van der Waals surface area contributed by atoms with E-state index in [1.165, 1.54) is 5.56 Å². The monoisotopic (exact) mass is 166 g/mol. The van der Waals surface area contributed by atoms with E-state index in [-0.39, 0.29) is 5.92 Å². The molecule has 0 aliphatic heterocycles. The highest BCUT2D eigenvalue weighted by Gasteiger charge is 2.24. The highest BCUT2D eigenvalue weighted by Crippen LogP contribution is 2.34. The molecule has 0 amide bonds. The van der Waals surface area contributed by atoms with Crippen molar-refractivity contribution in [2.75, 3.05) is 0 Å². The van der Waals surface area contributed by atoms with E-state index in [0.717, 1.165) is 23.3 Å². The second-order valence-electron chi connectivity index (χ2n) is 2.79. The Morgan fingerprint density at radius 1 is 1.55 bits per heavy atom. The van der Waals surface area contributed by atoms with Crippen LogP contribution >= 0.6 is 11.6 Å². The molecule has 1 aliphatic rings. The maximum absolute atomic E-state index is 10.4. The van der Waals surface area contributed by atoms with Crippen LogP contribution in [0.25, 0.3) is 0 Å². The molecule has 1 nitrogen and oxygen atoms in total. The first kappa shape index (κ1) is 6.86. The van der Waals surface area contributed by atoms with Crippen molar-refractivity contribution in [1.29, 1.82) is 0 Å². The molecule has 1 aliphatic carbocycles. The van der Waals surface area contributed by atoms with Crippen LogP contribution in [-0.4, -0.2) is 6.29 Å². The number of halogens is 1. The van der Waals surface area contributed by atoms with Crippen molar-refractivity contribution in [3.8, 4) is 0 Å². The molecule has 0 saturated carbocycles. The van der Waals surface area contributed by atoms with E-state index in [4.69, 9.17) is 11.6 Å². The molecule has 0 heterocycles. The number of benzene rings is 1. The van der Waals surface area contributed by atoms with Crippen LogP contribution in [-0.2, 0) is 11.2 Å². The van der Waals surface area contributed by atoms with E-state index in [2.05, 4.69) is 0 Å². The Hall–Kier alpha value is -0.820. The number of hydrogen-bond donors (Lipinski definition) is 0. The zero-order valence-electron chi connectivity index (χ0n) is 5.88. The van der Waals surface area contributed by atoms with Crippen LogP contribution in [0.15, 0.2) is 18.2 Å². The van der Waals surface area contributed by atoms with Crippen molar-refractivity contribution in [3.63, 3.8) is 0 Å². The first-order valence-electron chi connectivity index (χ1n) is 3.55. The summed E-state index contributed by atoms with van der Waals surface area (Å²) in [5.41, 5.74) is 2.36. The normalized spacial score (nSPS) is 20.3. The lowest BCUT2D eigenvalue weighted by atomic mass is 9.79. The fourth-order valence-corrected chi connectivity index (χ4v) is 1.64. The Kier molecular flexibility index (Phi) is 1.46. The van der Waals surface area contributed by atoms with Crippen molar-refractivity contribution < 1.29 is 4.79 Å². The molecule has 56 valence electrons. The standard InChI is InChI=1S/C9H7ClO/c10-8-1-2-9-6(4-8)3-7(9)5-11/h1-2,4-5,7H,3H2. The zero-order valence-corrected chi connectivity index (χ0v) is 6.64. The first-order valence-corrected chi connectivity index (χ1v) is 3.92. The molecular formula is C9H7ClO. The second kappa shape index (κ2) is 2.35. The minimum absolute atomic E-state index is 0.127. The Bertz CT molecular complexity index is 306. The largest absolute Gasteiger partial charge is 0.303 e. The topological polar surface area (TPSA) is 17.1 Å². The minimum Gasteiger partial charge on any atom is -0.303 e. The third-order valence-electron chi connectivity index (χ3n) is 2.11. The van der Waals surface area contributed by atoms with Gasteiger partial charge in [0.15, 0.2) is 0 Å². The summed E-state index contributed by atoms with van der Waals surface area (Å²) < 4.78 is 0. The van der Waals surface area contributed by atoms with Crippen LogP contribution < -0.4 is 0 Å². The highest BCUT2D eigenvalue weighted by molar-refractivity contribution is 6.30. The van der Waals surface area contributed by atoms with Crippen LogP contribution in [0.2, 0.25) is 5.02 Å². The van der Waals surface area contributed by atoms with Crippen molar-refractivity contribution in [2.45, 2.75) is 12.3 Å². The molecule has 0 N–H and O–H groups in total. The number of hydrogen-bond acceptors (Lipinski definition) is 1. The van der Waals surface area contributed by atoms with Crippen molar-refractivity contribution in [3.05, 3.63) is 34.3 Å². The molecule has 1 aromatic carbocycles. The summed E-state index contributed by atoms with van der Waals surface area (Å²) in [5, 5.41) is 0.757. The molecule has 2 heteroatoms. The minimum atomic E-state index is 0.127. The predicted octanol–water partition coefficient (Wildman–Crippen LogP) is 2.18. The quantitative estimate of drug-likeness (QED) is 0.585. The molecule has 2 rings (SSSR count). The third-order valence-corrected chi connectivity index (χ3v) is 2.34. The fraction of sp³-hybridized carbons (Fsp3) is 0.222. The lowest BCUT2D eigenvalue weighted by Gasteiger charge is -2.25. The summed E-state index contributed by atoms with van der Waals surface area (Å²) in [6.07, 6.45) is 1.86.